The first-order valence-corrected chi connectivity index (χ1v) is 13.5. The second-order valence-electron chi connectivity index (χ2n) is 10.6. The number of fused-ring (bicyclic) bond motifs is 3. The number of benzene rings is 5. The molecule has 0 saturated heterocycles. The lowest BCUT2D eigenvalue weighted by Crippen LogP contribution is -2.16. The zero-order valence-electron chi connectivity index (χ0n) is 22.0. The van der Waals surface area contributed by atoms with Crippen LogP contribution in [-0.2, 0) is 0 Å². The van der Waals surface area contributed by atoms with Crippen LogP contribution in [0.15, 0.2) is 115 Å². The second kappa shape index (κ2) is 8.85. The number of aryl methyl sites for hydroxylation is 1. The van der Waals surface area contributed by atoms with Crippen molar-refractivity contribution in [2.75, 3.05) is 0 Å². The highest BCUT2D eigenvalue weighted by Gasteiger charge is 2.26. The Balaban J connectivity index is 1.64. The topological polar surface area (TPSA) is 17.8 Å². The average Bonchev–Trinajstić information content (AvgIpc) is 3.32. The zero-order chi connectivity index (χ0) is 25.8. The van der Waals surface area contributed by atoms with Gasteiger partial charge in [-0.2, -0.15) is 0 Å². The van der Waals surface area contributed by atoms with E-state index in [2.05, 4.69) is 141 Å². The fraction of sp³-hybridized carbons (Fsp3) is 0.139. The molecule has 1 aliphatic carbocycles. The standard InChI is InChI=1S/C36H30N2/c1-23-19-21-26(22-20-23)34-27-12-4-6-14-29(27)35(30-15-7-5-13-28(30)34)36-37-31-16-8-9-17-33(31)38(36)32-18-10-11-24(2)25(32)3/h4-22,24-25H,1-3H3. The van der Waals surface area contributed by atoms with Crippen molar-refractivity contribution in [1.82, 2.24) is 9.55 Å². The lowest BCUT2D eigenvalue weighted by Gasteiger charge is -2.26. The number of hydrogen-bond donors (Lipinski definition) is 0. The first-order valence-electron chi connectivity index (χ1n) is 13.5. The number of rotatable bonds is 3. The summed E-state index contributed by atoms with van der Waals surface area (Å²) < 4.78 is 2.42. The van der Waals surface area contributed by atoms with E-state index in [4.69, 9.17) is 4.98 Å². The van der Waals surface area contributed by atoms with Crippen molar-refractivity contribution in [2.24, 2.45) is 11.8 Å². The molecule has 0 aliphatic heterocycles. The Morgan fingerprint density at radius 2 is 1.24 bits per heavy atom. The van der Waals surface area contributed by atoms with Crippen molar-refractivity contribution in [3.63, 3.8) is 0 Å². The van der Waals surface area contributed by atoms with Gasteiger partial charge in [0.05, 0.1) is 11.0 Å². The molecule has 2 heteroatoms. The molecule has 0 N–H and O–H groups in total. The van der Waals surface area contributed by atoms with Crippen LogP contribution in [-0.4, -0.2) is 9.55 Å². The van der Waals surface area contributed by atoms with E-state index >= 15 is 0 Å². The number of aromatic nitrogens is 2. The zero-order valence-corrected chi connectivity index (χ0v) is 22.0. The van der Waals surface area contributed by atoms with E-state index in [1.165, 1.54) is 49.5 Å². The number of hydrogen-bond acceptors (Lipinski definition) is 1. The first kappa shape index (κ1) is 22.7. The lowest BCUT2D eigenvalue weighted by atomic mass is 9.87. The van der Waals surface area contributed by atoms with Gasteiger partial charge in [0.2, 0.25) is 0 Å². The maximum atomic E-state index is 5.33. The minimum absolute atomic E-state index is 0.376. The van der Waals surface area contributed by atoms with Crippen molar-refractivity contribution >= 4 is 38.3 Å². The summed E-state index contributed by atoms with van der Waals surface area (Å²) in [7, 11) is 0. The number of imidazole rings is 1. The minimum atomic E-state index is 0.376. The Morgan fingerprint density at radius 1 is 0.658 bits per heavy atom. The predicted octanol–water partition coefficient (Wildman–Crippen LogP) is 9.67. The van der Waals surface area contributed by atoms with Crippen molar-refractivity contribution in [2.45, 2.75) is 20.8 Å². The molecular weight excluding hydrogens is 460 g/mol. The molecule has 0 radical (unpaired) electrons. The molecule has 5 aromatic carbocycles. The van der Waals surface area contributed by atoms with Gasteiger partial charge in [-0.05, 0) is 63.7 Å². The Hall–Kier alpha value is -4.43. The molecule has 0 amide bonds. The minimum Gasteiger partial charge on any atom is -0.296 e. The molecule has 0 fully saturated rings. The SMILES string of the molecule is Cc1ccc(-c2c3ccccc3c(-c3nc4ccccc4n3C3=CC=CC(C)C3C)c3ccccc23)cc1. The predicted molar refractivity (Wildman–Crippen MR) is 162 cm³/mol. The molecule has 0 spiro atoms. The van der Waals surface area contributed by atoms with E-state index in [-0.39, 0.29) is 0 Å². The normalized spacial score (nSPS) is 17.4. The summed E-state index contributed by atoms with van der Waals surface area (Å²) >= 11 is 0. The summed E-state index contributed by atoms with van der Waals surface area (Å²) in [6.45, 7) is 6.77. The monoisotopic (exact) mass is 490 g/mol. The highest BCUT2D eigenvalue weighted by atomic mass is 15.1. The van der Waals surface area contributed by atoms with Crippen LogP contribution in [0.5, 0.6) is 0 Å². The molecule has 184 valence electrons. The Morgan fingerprint density at radius 3 is 1.89 bits per heavy atom. The molecule has 0 saturated carbocycles. The van der Waals surface area contributed by atoms with Crippen molar-refractivity contribution in [3.05, 3.63) is 121 Å². The molecule has 1 aromatic heterocycles. The average molecular weight is 491 g/mol. The van der Waals surface area contributed by atoms with Crippen LogP contribution in [0.25, 0.3) is 60.8 Å². The summed E-state index contributed by atoms with van der Waals surface area (Å²) in [5.74, 6) is 1.84. The molecule has 7 rings (SSSR count). The van der Waals surface area contributed by atoms with Gasteiger partial charge in [0.1, 0.15) is 5.82 Å². The van der Waals surface area contributed by atoms with E-state index in [9.17, 15) is 0 Å². The molecule has 2 atom stereocenters. The van der Waals surface area contributed by atoms with Gasteiger partial charge < -0.3 is 0 Å². The number of allylic oxidation sites excluding steroid dienone is 4. The summed E-state index contributed by atoms with van der Waals surface area (Å²) in [4.78, 5) is 5.33. The van der Waals surface area contributed by atoms with Gasteiger partial charge in [0.25, 0.3) is 0 Å². The summed E-state index contributed by atoms with van der Waals surface area (Å²) in [5.41, 5.74) is 8.45. The van der Waals surface area contributed by atoms with Gasteiger partial charge in [-0.15, -0.1) is 0 Å². The van der Waals surface area contributed by atoms with Gasteiger partial charge in [-0.25, -0.2) is 4.98 Å². The summed E-state index contributed by atoms with van der Waals surface area (Å²) in [5, 5.41) is 4.96. The van der Waals surface area contributed by atoms with Crippen molar-refractivity contribution in [1.29, 1.82) is 0 Å². The molecule has 1 heterocycles. The maximum absolute atomic E-state index is 5.33. The third-order valence-corrected chi connectivity index (χ3v) is 8.25. The molecular formula is C36H30N2. The van der Waals surface area contributed by atoms with Gasteiger partial charge in [-0.3, -0.25) is 4.57 Å². The van der Waals surface area contributed by atoms with Crippen LogP contribution >= 0.6 is 0 Å². The summed E-state index contributed by atoms with van der Waals surface area (Å²) in [6.07, 6.45) is 6.77. The smallest absolute Gasteiger partial charge is 0.146 e. The molecule has 6 aromatic rings. The van der Waals surface area contributed by atoms with E-state index in [1.54, 1.807) is 0 Å². The second-order valence-corrected chi connectivity index (χ2v) is 10.6. The lowest BCUT2D eigenvalue weighted by molar-refractivity contribution is 0.551. The molecule has 0 bridgehead atoms. The van der Waals surface area contributed by atoms with Crippen LogP contribution in [0, 0.1) is 18.8 Å². The van der Waals surface area contributed by atoms with Crippen molar-refractivity contribution in [3.8, 4) is 22.5 Å². The van der Waals surface area contributed by atoms with Gasteiger partial charge in [-0.1, -0.05) is 116 Å². The van der Waals surface area contributed by atoms with Crippen LogP contribution in [0.2, 0.25) is 0 Å². The quantitative estimate of drug-likeness (QED) is 0.226. The Labute approximate surface area is 223 Å². The van der Waals surface area contributed by atoms with Crippen molar-refractivity contribution < 1.29 is 0 Å². The fourth-order valence-corrected chi connectivity index (χ4v) is 6.05. The van der Waals surface area contributed by atoms with Gasteiger partial charge >= 0.3 is 0 Å². The highest BCUT2D eigenvalue weighted by Crippen LogP contribution is 2.45. The number of nitrogens with zero attached hydrogens (tertiary/aromatic N) is 2. The largest absolute Gasteiger partial charge is 0.296 e. The van der Waals surface area contributed by atoms with E-state index in [0.29, 0.717) is 11.8 Å². The molecule has 2 nitrogen and oxygen atoms in total. The van der Waals surface area contributed by atoms with Gasteiger partial charge in [0.15, 0.2) is 0 Å². The van der Waals surface area contributed by atoms with Crippen LogP contribution < -0.4 is 0 Å². The van der Waals surface area contributed by atoms with Crippen LogP contribution in [0.1, 0.15) is 19.4 Å². The summed E-state index contributed by atoms with van der Waals surface area (Å²) in [6, 6.07) is 35.1. The highest BCUT2D eigenvalue weighted by molar-refractivity contribution is 6.21. The van der Waals surface area contributed by atoms with Gasteiger partial charge in [0, 0.05) is 17.2 Å². The van der Waals surface area contributed by atoms with Crippen LogP contribution in [0.3, 0.4) is 0 Å². The van der Waals surface area contributed by atoms with E-state index in [0.717, 1.165) is 16.9 Å². The molecule has 38 heavy (non-hydrogen) atoms. The molecule has 1 aliphatic rings. The number of para-hydroxylation sites is 2. The third-order valence-electron chi connectivity index (χ3n) is 8.25. The Bertz CT molecular complexity index is 1840. The van der Waals surface area contributed by atoms with Crippen LogP contribution in [0.4, 0.5) is 0 Å². The Kier molecular flexibility index (Phi) is 5.30. The maximum Gasteiger partial charge on any atom is 0.146 e. The fourth-order valence-electron chi connectivity index (χ4n) is 6.05. The van der Waals surface area contributed by atoms with E-state index < -0.39 is 0 Å². The third kappa shape index (κ3) is 3.44. The first-order chi connectivity index (χ1) is 18.6. The molecule has 2 unspecified atom stereocenters. The van der Waals surface area contributed by atoms with E-state index in [1.807, 2.05) is 0 Å².